The van der Waals surface area contributed by atoms with Gasteiger partial charge in [0.1, 0.15) is 0 Å². The van der Waals surface area contributed by atoms with Gasteiger partial charge in [-0.2, -0.15) is 0 Å². The van der Waals surface area contributed by atoms with E-state index in [0.29, 0.717) is 0 Å². The number of rotatable bonds is 7. The summed E-state index contributed by atoms with van der Waals surface area (Å²) in [5.74, 6) is -0.568. The first-order valence-corrected chi connectivity index (χ1v) is 8.17. The SMILES string of the molecule is COC(=O)C[C@H]1CC[C@@H](CC(=O)OC)N1[C@@H](CO)c1ccccc1. The lowest BCUT2D eigenvalue weighted by molar-refractivity contribution is -0.143. The third-order valence-corrected chi connectivity index (χ3v) is 4.65. The molecule has 0 aromatic heterocycles. The Morgan fingerprint density at radius 3 is 2.00 bits per heavy atom. The number of hydrogen-bond donors (Lipinski definition) is 1. The van der Waals surface area contributed by atoms with Crippen molar-refractivity contribution in [3.05, 3.63) is 35.9 Å². The highest BCUT2D eigenvalue weighted by Gasteiger charge is 2.40. The Kier molecular flexibility index (Phi) is 6.75. The van der Waals surface area contributed by atoms with Gasteiger partial charge >= 0.3 is 11.9 Å². The first-order chi connectivity index (χ1) is 11.6. The number of esters is 2. The molecule has 0 unspecified atom stereocenters. The third-order valence-electron chi connectivity index (χ3n) is 4.65. The van der Waals surface area contributed by atoms with Crippen molar-refractivity contribution in [1.82, 2.24) is 4.90 Å². The van der Waals surface area contributed by atoms with Crippen LogP contribution in [0.4, 0.5) is 0 Å². The molecule has 6 heteroatoms. The van der Waals surface area contributed by atoms with Crippen LogP contribution in [-0.4, -0.2) is 54.9 Å². The van der Waals surface area contributed by atoms with Gasteiger partial charge in [-0.1, -0.05) is 30.3 Å². The largest absolute Gasteiger partial charge is 0.469 e. The quantitative estimate of drug-likeness (QED) is 0.764. The zero-order chi connectivity index (χ0) is 17.5. The third kappa shape index (κ3) is 4.33. The molecule has 0 aliphatic carbocycles. The second-order valence-electron chi connectivity index (χ2n) is 6.00. The van der Waals surface area contributed by atoms with Crippen molar-refractivity contribution in [3.63, 3.8) is 0 Å². The zero-order valence-corrected chi connectivity index (χ0v) is 14.2. The minimum atomic E-state index is -0.284. The fourth-order valence-electron chi connectivity index (χ4n) is 3.50. The zero-order valence-electron chi connectivity index (χ0n) is 14.2. The van der Waals surface area contributed by atoms with E-state index >= 15 is 0 Å². The second-order valence-corrected chi connectivity index (χ2v) is 6.00. The van der Waals surface area contributed by atoms with Crippen molar-refractivity contribution in [1.29, 1.82) is 0 Å². The van der Waals surface area contributed by atoms with E-state index in [9.17, 15) is 14.7 Å². The lowest BCUT2D eigenvalue weighted by Crippen LogP contribution is -2.42. The Morgan fingerprint density at radius 2 is 1.58 bits per heavy atom. The Morgan fingerprint density at radius 1 is 1.08 bits per heavy atom. The van der Waals surface area contributed by atoms with Crippen LogP contribution in [0.15, 0.2) is 30.3 Å². The van der Waals surface area contributed by atoms with Gasteiger partial charge in [-0.3, -0.25) is 14.5 Å². The standard InChI is InChI=1S/C18H25NO5/c1-23-17(21)10-14-8-9-15(11-18(22)24-2)19(14)16(12-20)13-6-4-3-5-7-13/h3-7,14-16,20H,8-12H2,1-2H3/t14-,15+,16-/m0/s1. The van der Waals surface area contributed by atoms with Crippen LogP contribution >= 0.6 is 0 Å². The lowest BCUT2D eigenvalue weighted by atomic mass is 10.0. The van der Waals surface area contributed by atoms with E-state index in [1.165, 1.54) is 14.2 Å². The van der Waals surface area contributed by atoms with E-state index in [4.69, 9.17) is 9.47 Å². The minimum absolute atomic E-state index is 0.0653. The molecular weight excluding hydrogens is 310 g/mol. The predicted octanol–water partition coefficient (Wildman–Crippen LogP) is 1.68. The molecule has 1 aromatic rings. The second kappa shape index (κ2) is 8.80. The highest BCUT2D eigenvalue weighted by Crippen LogP contribution is 2.36. The molecule has 1 N–H and O–H groups in total. The van der Waals surface area contributed by atoms with Crippen LogP contribution < -0.4 is 0 Å². The molecule has 1 heterocycles. The van der Waals surface area contributed by atoms with Crippen LogP contribution in [0.25, 0.3) is 0 Å². The van der Waals surface area contributed by atoms with E-state index in [0.717, 1.165) is 18.4 Å². The number of ether oxygens (including phenoxy) is 2. The summed E-state index contributed by atoms with van der Waals surface area (Å²) in [7, 11) is 2.74. The molecule has 2 rings (SSSR count). The molecule has 132 valence electrons. The monoisotopic (exact) mass is 335 g/mol. The van der Waals surface area contributed by atoms with Gasteiger partial charge in [-0.05, 0) is 18.4 Å². The van der Waals surface area contributed by atoms with E-state index in [1.807, 2.05) is 30.3 Å². The van der Waals surface area contributed by atoms with E-state index in [1.54, 1.807) is 0 Å². The molecular formula is C18H25NO5. The Labute approximate surface area is 142 Å². The number of benzene rings is 1. The summed E-state index contributed by atoms with van der Waals surface area (Å²) in [5.41, 5.74) is 0.964. The summed E-state index contributed by atoms with van der Waals surface area (Å²) in [6, 6.07) is 9.25. The summed E-state index contributed by atoms with van der Waals surface area (Å²) in [4.78, 5) is 25.6. The summed E-state index contributed by atoms with van der Waals surface area (Å²) < 4.78 is 9.59. The normalized spacial score (nSPS) is 22.1. The average molecular weight is 335 g/mol. The van der Waals surface area contributed by atoms with Gasteiger partial charge in [-0.15, -0.1) is 0 Å². The van der Waals surface area contributed by atoms with Gasteiger partial charge in [0.05, 0.1) is 39.7 Å². The summed E-state index contributed by atoms with van der Waals surface area (Å²) in [6.07, 6.45) is 2.05. The molecule has 1 aromatic carbocycles. The number of hydrogen-bond acceptors (Lipinski definition) is 6. The number of carbonyl (C=O) groups is 2. The fourth-order valence-corrected chi connectivity index (χ4v) is 3.50. The van der Waals surface area contributed by atoms with Crippen LogP contribution in [-0.2, 0) is 19.1 Å². The van der Waals surface area contributed by atoms with E-state index in [2.05, 4.69) is 4.90 Å². The molecule has 1 fully saturated rings. The van der Waals surface area contributed by atoms with Crippen molar-refractivity contribution in [3.8, 4) is 0 Å². The van der Waals surface area contributed by atoms with Gasteiger partial charge in [0, 0.05) is 12.1 Å². The molecule has 1 aliphatic heterocycles. The lowest BCUT2D eigenvalue weighted by Gasteiger charge is -2.36. The fraction of sp³-hybridized carbons (Fsp3) is 0.556. The van der Waals surface area contributed by atoms with Crippen LogP contribution in [0.1, 0.15) is 37.3 Å². The molecule has 1 saturated heterocycles. The first-order valence-electron chi connectivity index (χ1n) is 8.17. The predicted molar refractivity (Wildman–Crippen MR) is 88.2 cm³/mol. The molecule has 6 nitrogen and oxygen atoms in total. The Bertz CT molecular complexity index is 522. The number of nitrogens with zero attached hydrogens (tertiary/aromatic N) is 1. The molecule has 3 atom stereocenters. The summed E-state index contributed by atoms with van der Waals surface area (Å²) >= 11 is 0. The summed E-state index contributed by atoms with van der Waals surface area (Å²) in [5, 5.41) is 9.98. The van der Waals surface area contributed by atoms with Crippen LogP contribution in [0.2, 0.25) is 0 Å². The average Bonchev–Trinajstić information content (AvgIpc) is 2.98. The number of likely N-dealkylation sites (tertiary alicyclic amines) is 1. The number of aliphatic hydroxyl groups is 1. The Hall–Kier alpha value is -1.92. The molecule has 0 radical (unpaired) electrons. The number of aliphatic hydroxyl groups excluding tert-OH is 1. The minimum Gasteiger partial charge on any atom is -0.469 e. The maximum atomic E-state index is 11.7. The summed E-state index contributed by atoms with van der Waals surface area (Å²) in [6.45, 7) is -0.0840. The van der Waals surface area contributed by atoms with E-state index < -0.39 is 0 Å². The van der Waals surface area contributed by atoms with Gasteiger partial charge < -0.3 is 14.6 Å². The van der Waals surface area contributed by atoms with E-state index in [-0.39, 0.29) is 49.5 Å². The molecule has 0 bridgehead atoms. The smallest absolute Gasteiger partial charge is 0.307 e. The molecule has 0 saturated carbocycles. The molecule has 24 heavy (non-hydrogen) atoms. The van der Waals surface area contributed by atoms with Crippen molar-refractivity contribution < 1.29 is 24.2 Å². The maximum absolute atomic E-state index is 11.7. The first kappa shape index (κ1) is 18.4. The molecule has 1 aliphatic rings. The van der Waals surface area contributed by atoms with Crippen molar-refractivity contribution in [2.75, 3.05) is 20.8 Å². The van der Waals surface area contributed by atoms with Gasteiger partial charge in [0.2, 0.25) is 0 Å². The van der Waals surface area contributed by atoms with Gasteiger partial charge in [-0.25, -0.2) is 0 Å². The molecule has 0 spiro atoms. The number of carbonyl (C=O) groups excluding carboxylic acids is 2. The highest BCUT2D eigenvalue weighted by atomic mass is 16.5. The van der Waals surface area contributed by atoms with Crippen molar-refractivity contribution in [2.24, 2.45) is 0 Å². The topological polar surface area (TPSA) is 76.1 Å². The van der Waals surface area contributed by atoms with Crippen LogP contribution in [0, 0.1) is 0 Å². The maximum Gasteiger partial charge on any atom is 0.307 e. The Balaban J connectivity index is 2.26. The molecule has 0 amide bonds. The van der Waals surface area contributed by atoms with Gasteiger partial charge in [0.25, 0.3) is 0 Å². The highest BCUT2D eigenvalue weighted by molar-refractivity contribution is 5.71. The van der Waals surface area contributed by atoms with Crippen LogP contribution in [0.5, 0.6) is 0 Å². The van der Waals surface area contributed by atoms with Crippen LogP contribution in [0.3, 0.4) is 0 Å². The van der Waals surface area contributed by atoms with Gasteiger partial charge in [0.15, 0.2) is 0 Å². The van der Waals surface area contributed by atoms with Crippen molar-refractivity contribution >= 4 is 11.9 Å². The van der Waals surface area contributed by atoms with Crippen molar-refractivity contribution in [2.45, 2.75) is 43.8 Å². The number of methoxy groups -OCH3 is 2.